The Morgan fingerprint density at radius 2 is 2.00 bits per heavy atom. The SMILES string of the molecule is CCOc1cc(C=O)cc(Br)c1OCc1ncccn1. The monoisotopic (exact) mass is 336 g/mol. The van der Waals surface area contributed by atoms with E-state index in [2.05, 4.69) is 25.9 Å². The predicted octanol–water partition coefficient (Wildman–Crippen LogP) is 3.03. The van der Waals surface area contributed by atoms with Gasteiger partial charge in [0.2, 0.25) is 0 Å². The molecule has 0 amide bonds. The molecule has 0 atom stereocenters. The first kappa shape index (κ1) is 14.5. The van der Waals surface area contributed by atoms with Crippen molar-refractivity contribution >= 4 is 22.2 Å². The molecule has 0 saturated heterocycles. The zero-order valence-electron chi connectivity index (χ0n) is 10.9. The molecule has 0 N–H and O–H groups in total. The molecule has 0 aliphatic carbocycles. The summed E-state index contributed by atoms with van der Waals surface area (Å²) in [6, 6.07) is 5.06. The average Bonchev–Trinajstić information content (AvgIpc) is 2.47. The zero-order chi connectivity index (χ0) is 14.4. The van der Waals surface area contributed by atoms with Crippen LogP contribution in [-0.2, 0) is 6.61 Å². The van der Waals surface area contributed by atoms with Gasteiger partial charge in [-0.1, -0.05) is 0 Å². The molecule has 0 radical (unpaired) electrons. The summed E-state index contributed by atoms with van der Waals surface area (Å²) in [6.07, 6.45) is 4.07. The van der Waals surface area contributed by atoms with Crippen molar-refractivity contribution in [3.63, 3.8) is 0 Å². The molecule has 0 spiro atoms. The Morgan fingerprint density at radius 3 is 2.65 bits per heavy atom. The first-order valence-corrected chi connectivity index (χ1v) is 6.84. The van der Waals surface area contributed by atoms with Crippen molar-refractivity contribution in [2.45, 2.75) is 13.5 Å². The molecule has 1 heterocycles. The van der Waals surface area contributed by atoms with Gasteiger partial charge in [-0.2, -0.15) is 0 Å². The normalized spacial score (nSPS) is 10.1. The third-order valence-electron chi connectivity index (χ3n) is 2.43. The number of hydrogen-bond donors (Lipinski definition) is 0. The van der Waals surface area contributed by atoms with Gasteiger partial charge in [-0.3, -0.25) is 4.79 Å². The number of carbonyl (C=O) groups is 1. The van der Waals surface area contributed by atoms with E-state index in [1.807, 2.05) is 6.92 Å². The maximum Gasteiger partial charge on any atom is 0.176 e. The van der Waals surface area contributed by atoms with Crippen LogP contribution in [0.25, 0.3) is 0 Å². The summed E-state index contributed by atoms with van der Waals surface area (Å²) in [6.45, 7) is 2.57. The van der Waals surface area contributed by atoms with Crippen LogP contribution in [0.5, 0.6) is 11.5 Å². The van der Waals surface area contributed by atoms with E-state index >= 15 is 0 Å². The topological polar surface area (TPSA) is 61.3 Å². The smallest absolute Gasteiger partial charge is 0.176 e. The van der Waals surface area contributed by atoms with Gasteiger partial charge in [-0.05, 0) is 41.1 Å². The lowest BCUT2D eigenvalue weighted by Crippen LogP contribution is -2.04. The maximum absolute atomic E-state index is 10.9. The number of aromatic nitrogens is 2. The van der Waals surface area contributed by atoms with Crippen molar-refractivity contribution in [1.82, 2.24) is 9.97 Å². The summed E-state index contributed by atoms with van der Waals surface area (Å²) in [5, 5.41) is 0. The second-order valence-electron chi connectivity index (χ2n) is 3.83. The second kappa shape index (κ2) is 7.00. The minimum absolute atomic E-state index is 0.222. The predicted molar refractivity (Wildman–Crippen MR) is 77.1 cm³/mol. The van der Waals surface area contributed by atoms with Gasteiger partial charge in [-0.25, -0.2) is 9.97 Å². The van der Waals surface area contributed by atoms with Gasteiger partial charge in [-0.15, -0.1) is 0 Å². The summed E-state index contributed by atoms with van der Waals surface area (Å²) in [7, 11) is 0. The fourth-order valence-electron chi connectivity index (χ4n) is 1.60. The van der Waals surface area contributed by atoms with Crippen molar-refractivity contribution in [2.75, 3.05) is 6.61 Å². The van der Waals surface area contributed by atoms with E-state index in [0.717, 1.165) is 6.29 Å². The van der Waals surface area contributed by atoms with Crippen LogP contribution in [0.2, 0.25) is 0 Å². The maximum atomic E-state index is 10.9. The van der Waals surface area contributed by atoms with Crippen molar-refractivity contribution in [1.29, 1.82) is 0 Å². The first-order valence-electron chi connectivity index (χ1n) is 6.04. The van der Waals surface area contributed by atoms with Crippen molar-refractivity contribution < 1.29 is 14.3 Å². The minimum atomic E-state index is 0.222. The molecule has 0 saturated carbocycles. The lowest BCUT2D eigenvalue weighted by atomic mass is 10.2. The number of nitrogens with zero attached hydrogens (tertiary/aromatic N) is 2. The van der Waals surface area contributed by atoms with Crippen LogP contribution in [0.1, 0.15) is 23.1 Å². The number of carbonyl (C=O) groups excluding carboxylic acids is 1. The molecule has 0 bridgehead atoms. The van der Waals surface area contributed by atoms with Crippen LogP contribution in [0, 0.1) is 0 Å². The minimum Gasteiger partial charge on any atom is -0.490 e. The first-order chi connectivity index (χ1) is 9.74. The van der Waals surface area contributed by atoms with Crippen molar-refractivity contribution in [2.24, 2.45) is 0 Å². The van der Waals surface area contributed by atoms with Gasteiger partial charge in [0.15, 0.2) is 17.3 Å². The number of rotatable bonds is 6. The molecule has 0 fully saturated rings. The highest BCUT2D eigenvalue weighted by Gasteiger charge is 2.12. The summed E-state index contributed by atoms with van der Waals surface area (Å²) in [5.41, 5.74) is 0.517. The van der Waals surface area contributed by atoms with E-state index in [-0.39, 0.29) is 6.61 Å². The lowest BCUT2D eigenvalue weighted by Gasteiger charge is -2.13. The molecule has 2 rings (SSSR count). The summed E-state index contributed by atoms with van der Waals surface area (Å²) >= 11 is 3.38. The second-order valence-corrected chi connectivity index (χ2v) is 4.69. The molecular formula is C14H13BrN2O3. The molecule has 5 nitrogen and oxygen atoms in total. The Hall–Kier alpha value is -1.95. The van der Waals surface area contributed by atoms with Crippen molar-refractivity contribution in [3.8, 4) is 11.5 Å². The molecule has 104 valence electrons. The Balaban J connectivity index is 2.23. The van der Waals surface area contributed by atoms with Crippen LogP contribution in [0.15, 0.2) is 35.1 Å². The van der Waals surface area contributed by atoms with Crippen LogP contribution in [-0.4, -0.2) is 22.9 Å². The van der Waals surface area contributed by atoms with Crippen LogP contribution in [0.4, 0.5) is 0 Å². The zero-order valence-corrected chi connectivity index (χ0v) is 12.5. The molecular weight excluding hydrogens is 324 g/mol. The standard InChI is InChI=1S/C14H13BrN2O3/c1-2-19-12-7-10(8-18)6-11(15)14(12)20-9-13-16-4-3-5-17-13/h3-8H,2,9H2,1H3. The largest absolute Gasteiger partial charge is 0.490 e. The van der Waals surface area contributed by atoms with Crippen LogP contribution >= 0.6 is 15.9 Å². The van der Waals surface area contributed by atoms with Crippen LogP contribution < -0.4 is 9.47 Å². The highest BCUT2D eigenvalue weighted by Crippen LogP contribution is 2.36. The molecule has 0 aliphatic rings. The number of aldehydes is 1. The van der Waals surface area contributed by atoms with E-state index in [0.29, 0.717) is 34.0 Å². The van der Waals surface area contributed by atoms with Gasteiger partial charge in [0.25, 0.3) is 0 Å². The molecule has 1 aromatic heterocycles. The molecule has 20 heavy (non-hydrogen) atoms. The summed E-state index contributed by atoms with van der Waals surface area (Å²) in [5.74, 6) is 1.62. The number of halogens is 1. The van der Waals surface area contributed by atoms with E-state index in [4.69, 9.17) is 9.47 Å². The van der Waals surface area contributed by atoms with E-state index in [1.165, 1.54) is 0 Å². The molecule has 2 aromatic rings. The Kier molecular flexibility index (Phi) is 5.06. The van der Waals surface area contributed by atoms with Crippen molar-refractivity contribution in [3.05, 3.63) is 46.5 Å². The van der Waals surface area contributed by atoms with Gasteiger partial charge in [0.05, 0.1) is 11.1 Å². The fourth-order valence-corrected chi connectivity index (χ4v) is 2.17. The Morgan fingerprint density at radius 1 is 1.25 bits per heavy atom. The average molecular weight is 337 g/mol. The summed E-state index contributed by atoms with van der Waals surface area (Å²) in [4.78, 5) is 19.0. The third-order valence-corrected chi connectivity index (χ3v) is 3.02. The van der Waals surface area contributed by atoms with Gasteiger partial charge in [0.1, 0.15) is 12.9 Å². The Bertz CT molecular complexity index is 590. The van der Waals surface area contributed by atoms with Crippen LogP contribution in [0.3, 0.4) is 0 Å². The van der Waals surface area contributed by atoms with E-state index < -0.39 is 0 Å². The Labute approximate surface area is 125 Å². The third kappa shape index (κ3) is 3.54. The fraction of sp³-hybridized carbons (Fsp3) is 0.214. The number of ether oxygens (including phenoxy) is 2. The molecule has 6 heteroatoms. The van der Waals surface area contributed by atoms with Gasteiger partial charge in [0, 0.05) is 18.0 Å². The number of benzene rings is 1. The summed E-state index contributed by atoms with van der Waals surface area (Å²) < 4.78 is 11.8. The quantitative estimate of drug-likeness (QED) is 0.759. The highest BCUT2D eigenvalue weighted by molar-refractivity contribution is 9.10. The van der Waals surface area contributed by atoms with Gasteiger partial charge >= 0.3 is 0 Å². The number of hydrogen-bond acceptors (Lipinski definition) is 5. The van der Waals surface area contributed by atoms with E-state index in [1.54, 1.807) is 30.6 Å². The molecule has 0 aliphatic heterocycles. The lowest BCUT2D eigenvalue weighted by molar-refractivity contribution is 0.112. The molecule has 1 aromatic carbocycles. The highest BCUT2D eigenvalue weighted by atomic mass is 79.9. The van der Waals surface area contributed by atoms with E-state index in [9.17, 15) is 4.79 Å². The molecule has 0 unspecified atom stereocenters. The van der Waals surface area contributed by atoms with Gasteiger partial charge < -0.3 is 9.47 Å².